The smallest absolute Gasteiger partial charge is 0.274 e. The summed E-state index contributed by atoms with van der Waals surface area (Å²) in [6, 6.07) is 9.88. The summed E-state index contributed by atoms with van der Waals surface area (Å²) in [5, 5.41) is 0. The number of nitrogens with zero attached hydrogens (tertiary/aromatic N) is 5. The summed E-state index contributed by atoms with van der Waals surface area (Å²) >= 11 is 0. The van der Waals surface area contributed by atoms with E-state index in [9.17, 15) is 14.0 Å². The van der Waals surface area contributed by atoms with Gasteiger partial charge in [0.25, 0.3) is 11.8 Å². The molecule has 0 saturated carbocycles. The van der Waals surface area contributed by atoms with E-state index in [0.29, 0.717) is 37.3 Å². The van der Waals surface area contributed by atoms with E-state index in [0.717, 1.165) is 5.56 Å². The van der Waals surface area contributed by atoms with Crippen LogP contribution in [0.25, 0.3) is 0 Å². The van der Waals surface area contributed by atoms with E-state index in [1.165, 1.54) is 30.7 Å². The standard InChI is InChI=1S/C24H22FN5O2/c25-18-3-1-16(2-4-18)19-15-30(23(31)17-5-8-26-9-6-17)22-7-12-29(14-20(19)22)24(32)21-13-27-10-11-28-21/h1-6,8-11,13,19-20,22H,7,12,14-15H2/t19-,20-,22-/m1/s1. The minimum Gasteiger partial charge on any atom is -0.337 e. The lowest BCUT2D eigenvalue weighted by atomic mass is 9.81. The predicted octanol–water partition coefficient (Wildman–Crippen LogP) is 2.78. The first-order valence-corrected chi connectivity index (χ1v) is 10.6. The van der Waals surface area contributed by atoms with Gasteiger partial charge in [-0.2, -0.15) is 0 Å². The van der Waals surface area contributed by atoms with E-state index in [1.807, 2.05) is 4.90 Å². The quantitative estimate of drug-likeness (QED) is 0.637. The van der Waals surface area contributed by atoms with Crippen molar-refractivity contribution in [2.24, 2.45) is 5.92 Å². The molecule has 0 unspecified atom stereocenters. The number of likely N-dealkylation sites (tertiary alicyclic amines) is 2. The Morgan fingerprint density at radius 3 is 2.41 bits per heavy atom. The molecule has 7 nitrogen and oxygen atoms in total. The second-order valence-electron chi connectivity index (χ2n) is 8.21. The molecule has 2 aliphatic heterocycles. The molecular weight excluding hydrogens is 409 g/mol. The van der Waals surface area contributed by atoms with E-state index in [4.69, 9.17) is 0 Å². The molecule has 0 N–H and O–H groups in total. The molecule has 3 atom stereocenters. The molecule has 4 heterocycles. The number of fused-ring (bicyclic) bond motifs is 1. The predicted molar refractivity (Wildman–Crippen MR) is 114 cm³/mol. The molecule has 8 heteroatoms. The summed E-state index contributed by atoms with van der Waals surface area (Å²) in [4.78, 5) is 42.2. The van der Waals surface area contributed by atoms with Gasteiger partial charge in [0.2, 0.25) is 0 Å². The highest BCUT2D eigenvalue weighted by Gasteiger charge is 2.48. The maximum Gasteiger partial charge on any atom is 0.274 e. The number of hydrogen-bond donors (Lipinski definition) is 0. The molecule has 2 aliphatic rings. The minimum atomic E-state index is -0.295. The van der Waals surface area contributed by atoms with E-state index < -0.39 is 0 Å². The number of amides is 2. The molecule has 2 amide bonds. The van der Waals surface area contributed by atoms with Gasteiger partial charge in [0, 0.05) is 67.9 Å². The highest BCUT2D eigenvalue weighted by Crippen LogP contribution is 2.42. The van der Waals surface area contributed by atoms with Crippen LogP contribution < -0.4 is 0 Å². The summed E-state index contributed by atoms with van der Waals surface area (Å²) in [5.74, 6) is -0.449. The Balaban J connectivity index is 1.44. The first kappa shape index (κ1) is 20.2. The molecule has 2 aromatic heterocycles. The minimum absolute atomic E-state index is 0.00312. The van der Waals surface area contributed by atoms with Crippen molar-refractivity contribution >= 4 is 11.8 Å². The Morgan fingerprint density at radius 1 is 0.906 bits per heavy atom. The summed E-state index contributed by atoms with van der Waals surface area (Å²) in [7, 11) is 0. The largest absolute Gasteiger partial charge is 0.337 e. The van der Waals surface area contributed by atoms with E-state index in [1.54, 1.807) is 41.6 Å². The summed E-state index contributed by atoms with van der Waals surface area (Å²) in [6.45, 7) is 1.56. The molecule has 2 fully saturated rings. The zero-order valence-electron chi connectivity index (χ0n) is 17.3. The number of piperidine rings is 1. The van der Waals surface area contributed by atoms with Gasteiger partial charge in [-0.15, -0.1) is 0 Å². The van der Waals surface area contributed by atoms with Crippen LogP contribution in [-0.4, -0.2) is 62.2 Å². The van der Waals surface area contributed by atoms with Gasteiger partial charge in [-0.1, -0.05) is 12.1 Å². The number of carbonyl (C=O) groups is 2. The van der Waals surface area contributed by atoms with Crippen LogP contribution in [0.3, 0.4) is 0 Å². The van der Waals surface area contributed by atoms with Crippen molar-refractivity contribution in [1.82, 2.24) is 24.8 Å². The molecule has 2 saturated heterocycles. The number of benzene rings is 1. The van der Waals surface area contributed by atoms with Crippen molar-refractivity contribution in [2.45, 2.75) is 18.4 Å². The average molecular weight is 431 g/mol. The molecule has 162 valence electrons. The molecule has 0 radical (unpaired) electrons. The topological polar surface area (TPSA) is 79.3 Å². The highest BCUT2D eigenvalue weighted by molar-refractivity contribution is 5.95. The Labute approximate surface area is 184 Å². The summed E-state index contributed by atoms with van der Waals surface area (Å²) < 4.78 is 13.6. The number of carbonyl (C=O) groups excluding carboxylic acids is 2. The van der Waals surface area contributed by atoms with Crippen LogP contribution in [0.4, 0.5) is 4.39 Å². The highest BCUT2D eigenvalue weighted by atomic mass is 19.1. The van der Waals surface area contributed by atoms with Crippen LogP contribution in [0.2, 0.25) is 0 Å². The monoisotopic (exact) mass is 431 g/mol. The third-order valence-corrected chi connectivity index (χ3v) is 6.49. The van der Waals surface area contributed by atoms with Crippen molar-refractivity contribution in [3.8, 4) is 0 Å². The summed E-state index contributed by atoms with van der Waals surface area (Å²) in [6.07, 6.45) is 8.41. The second kappa shape index (κ2) is 8.45. The molecule has 5 rings (SSSR count). The van der Waals surface area contributed by atoms with Gasteiger partial charge >= 0.3 is 0 Å². The Bertz CT molecular complexity index is 1110. The van der Waals surface area contributed by atoms with Crippen LogP contribution in [0, 0.1) is 11.7 Å². The molecule has 3 aromatic rings. The second-order valence-corrected chi connectivity index (χ2v) is 8.21. The third-order valence-electron chi connectivity index (χ3n) is 6.49. The number of halogens is 1. The van der Waals surface area contributed by atoms with Gasteiger partial charge in [-0.25, -0.2) is 9.37 Å². The van der Waals surface area contributed by atoms with Gasteiger partial charge in [-0.3, -0.25) is 19.6 Å². The maximum atomic E-state index is 13.6. The fourth-order valence-electron chi connectivity index (χ4n) is 4.95. The van der Waals surface area contributed by atoms with Gasteiger partial charge < -0.3 is 9.80 Å². The normalized spacial score (nSPS) is 22.5. The van der Waals surface area contributed by atoms with E-state index in [-0.39, 0.29) is 35.5 Å². The van der Waals surface area contributed by atoms with Crippen LogP contribution in [0.15, 0.2) is 67.4 Å². The lowest BCUT2D eigenvalue weighted by molar-refractivity contribution is 0.0530. The van der Waals surface area contributed by atoms with Gasteiger partial charge in [-0.05, 0) is 36.2 Å². The molecule has 1 aromatic carbocycles. The van der Waals surface area contributed by atoms with Crippen LogP contribution in [0.1, 0.15) is 38.7 Å². The first-order valence-electron chi connectivity index (χ1n) is 10.6. The number of aromatic nitrogens is 3. The van der Waals surface area contributed by atoms with Crippen LogP contribution >= 0.6 is 0 Å². The zero-order chi connectivity index (χ0) is 22.1. The van der Waals surface area contributed by atoms with Crippen molar-refractivity contribution < 1.29 is 14.0 Å². The number of pyridine rings is 1. The van der Waals surface area contributed by atoms with Crippen molar-refractivity contribution in [3.05, 3.63) is 90.0 Å². The van der Waals surface area contributed by atoms with Crippen molar-refractivity contribution in [2.75, 3.05) is 19.6 Å². The number of hydrogen-bond acceptors (Lipinski definition) is 5. The molecule has 0 bridgehead atoms. The number of rotatable bonds is 3. The molecule has 0 aliphatic carbocycles. The Kier molecular flexibility index (Phi) is 5.34. The lowest BCUT2D eigenvalue weighted by Gasteiger charge is -2.38. The molecule has 32 heavy (non-hydrogen) atoms. The summed E-state index contributed by atoms with van der Waals surface area (Å²) in [5.41, 5.74) is 1.88. The fourth-order valence-corrected chi connectivity index (χ4v) is 4.95. The van der Waals surface area contributed by atoms with Crippen molar-refractivity contribution in [3.63, 3.8) is 0 Å². The lowest BCUT2D eigenvalue weighted by Crippen LogP contribution is -2.49. The van der Waals surface area contributed by atoms with Gasteiger partial charge in [0.15, 0.2) is 0 Å². The average Bonchev–Trinajstić information content (AvgIpc) is 3.23. The SMILES string of the molecule is O=C(c1cnccn1)N1CC[C@@H]2[C@H](C1)[C@@H](c1ccc(F)cc1)CN2C(=O)c1ccncc1. The van der Waals surface area contributed by atoms with E-state index >= 15 is 0 Å². The molecule has 0 spiro atoms. The van der Waals surface area contributed by atoms with E-state index in [2.05, 4.69) is 15.0 Å². The van der Waals surface area contributed by atoms with Gasteiger partial charge in [0.05, 0.1) is 6.20 Å². The van der Waals surface area contributed by atoms with Crippen LogP contribution in [0.5, 0.6) is 0 Å². The first-order chi connectivity index (χ1) is 15.6. The Morgan fingerprint density at radius 2 is 1.69 bits per heavy atom. The fraction of sp³-hybridized carbons (Fsp3) is 0.292. The molecular formula is C24H22FN5O2. The van der Waals surface area contributed by atoms with Gasteiger partial charge in [0.1, 0.15) is 11.5 Å². The van der Waals surface area contributed by atoms with Crippen LogP contribution in [-0.2, 0) is 0 Å². The Hall–Kier alpha value is -3.68. The maximum absolute atomic E-state index is 13.6. The zero-order valence-corrected chi connectivity index (χ0v) is 17.3. The van der Waals surface area contributed by atoms with Crippen molar-refractivity contribution in [1.29, 1.82) is 0 Å². The third kappa shape index (κ3) is 3.72.